The zero-order valence-electron chi connectivity index (χ0n) is 7.65. The molecule has 8 nitrogen and oxygen atoms in total. The average Bonchev–Trinajstić information content (AvgIpc) is 2.27. The Morgan fingerprint density at radius 1 is 1.20 bits per heavy atom. The molecule has 10 heteroatoms. The first kappa shape index (κ1) is 11.3. The molecule has 3 unspecified atom stereocenters. The molecule has 3 radical (unpaired) electrons. The van der Waals surface area contributed by atoms with Gasteiger partial charge in [-0.2, -0.15) is 0 Å². The number of hydrogen-bond donors (Lipinski definition) is 5. The maximum Gasteiger partial charge on any atom is 0.365 e. The van der Waals surface area contributed by atoms with Crippen molar-refractivity contribution >= 4 is 15.3 Å². The van der Waals surface area contributed by atoms with Gasteiger partial charge in [0.25, 0.3) is 5.91 Å². The van der Waals surface area contributed by atoms with Crippen molar-refractivity contribution in [1.82, 2.24) is 4.90 Å². The van der Waals surface area contributed by atoms with Crippen molar-refractivity contribution in [3.05, 3.63) is 0 Å². The molecular formula is C5H8B2NO7. The zero-order valence-corrected chi connectivity index (χ0v) is 7.65. The standard InChI is InChI=1S/C5H8B2NO7/c1-8-3(10)5(12,13)14-2(6,9)4(8,11)15-7-3/h9-13H,1H3. The minimum Gasteiger partial charge on any atom is -0.394 e. The van der Waals surface area contributed by atoms with Crippen LogP contribution in [0.1, 0.15) is 0 Å². The molecule has 0 spiro atoms. The summed E-state index contributed by atoms with van der Waals surface area (Å²) in [4.78, 5) is 0.517. The van der Waals surface area contributed by atoms with Crippen molar-refractivity contribution in [1.29, 1.82) is 0 Å². The Morgan fingerprint density at radius 2 is 1.73 bits per heavy atom. The summed E-state index contributed by atoms with van der Waals surface area (Å²) in [7, 11) is 6.63. The van der Waals surface area contributed by atoms with Crippen LogP contribution in [0, 0.1) is 0 Å². The van der Waals surface area contributed by atoms with Gasteiger partial charge in [-0.15, -0.1) is 0 Å². The summed E-state index contributed by atoms with van der Waals surface area (Å²) >= 11 is 0. The first-order valence-corrected chi connectivity index (χ1v) is 3.94. The molecule has 2 rings (SSSR count). The molecule has 2 bridgehead atoms. The molecule has 2 aliphatic rings. The van der Waals surface area contributed by atoms with Crippen LogP contribution in [0.4, 0.5) is 0 Å². The first-order valence-electron chi connectivity index (χ1n) is 3.94. The largest absolute Gasteiger partial charge is 0.394 e. The van der Waals surface area contributed by atoms with Gasteiger partial charge in [-0.25, -0.2) is 4.90 Å². The van der Waals surface area contributed by atoms with E-state index in [0.717, 1.165) is 7.05 Å². The summed E-state index contributed by atoms with van der Waals surface area (Å²) in [5.41, 5.74) is -5.47. The number of rotatable bonds is 0. The Kier molecular flexibility index (Phi) is 1.92. The fraction of sp³-hybridized carbons (Fsp3) is 1.00. The van der Waals surface area contributed by atoms with Crippen LogP contribution in [-0.4, -0.2) is 76.0 Å². The van der Waals surface area contributed by atoms with E-state index in [1.54, 1.807) is 0 Å². The second kappa shape index (κ2) is 2.55. The van der Waals surface area contributed by atoms with Crippen LogP contribution in [0.3, 0.4) is 0 Å². The predicted octanol–water partition coefficient (Wildman–Crippen LogP) is -4.66. The summed E-state index contributed by atoms with van der Waals surface area (Å²) in [5, 5.41) is 47.5. The third-order valence-corrected chi connectivity index (χ3v) is 2.60. The molecule has 0 aromatic rings. The van der Waals surface area contributed by atoms with E-state index in [0.29, 0.717) is 12.4 Å². The van der Waals surface area contributed by atoms with Gasteiger partial charge in [0.1, 0.15) is 0 Å². The van der Waals surface area contributed by atoms with Crippen LogP contribution in [-0.2, 0) is 9.39 Å². The summed E-state index contributed by atoms with van der Waals surface area (Å²) < 4.78 is 8.69. The van der Waals surface area contributed by atoms with Crippen molar-refractivity contribution < 1.29 is 34.9 Å². The Labute approximate surface area is 86.3 Å². The normalized spacial score (nSPS) is 54.0. The zero-order chi connectivity index (χ0) is 11.7. The molecule has 2 fully saturated rings. The molecule has 0 amide bonds. The van der Waals surface area contributed by atoms with Crippen LogP contribution < -0.4 is 0 Å². The highest BCUT2D eigenvalue weighted by molar-refractivity contribution is 6.33. The Balaban J connectivity index is 2.53. The Hall–Kier alpha value is -0.190. The predicted molar refractivity (Wildman–Crippen MR) is 43.5 cm³/mol. The molecule has 2 aliphatic heterocycles. The van der Waals surface area contributed by atoms with Crippen molar-refractivity contribution in [3.8, 4) is 0 Å². The number of nitrogens with zero attached hydrogens (tertiary/aromatic N) is 1. The highest BCUT2D eigenvalue weighted by atomic mass is 16.9. The molecule has 0 saturated carbocycles. The molecule has 2 heterocycles. The summed E-state index contributed by atoms with van der Waals surface area (Å²) in [5.74, 6) is -5.84. The van der Waals surface area contributed by atoms with Gasteiger partial charge in [0.05, 0.1) is 0 Å². The number of morpholine rings is 1. The van der Waals surface area contributed by atoms with E-state index in [2.05, 4.69) is 9.39 Å². The van der Waals surface area contributed by atoms with Gasteiger partial charge >= 0.3 is 13.5 Å². The quantitative estimate of drug-likeness (QED) is 0.202. The van der Waals surface area contributed by atoms with E-state index in [1.165, 1.54) is 0 Å². The molecule has 2 saturated heterocycles. The van der Waals surface area contributed by atoms with Crippen LogP contribution >= 0.6 is 0 Å². The number of aliphatic hydroxyl groups is 5. The van der Waals surface area contributed by atoms with Crippen LogP contribution in [0.25, 0.3) is 0 Å². The molecule has 5 N–H and O–H groups in total. The minimum absolute atomic E-state index is 0.498. The second-order valence-corrected chi connectivity index (χ2v) is 3.54. The number of fused-ring (bicyclic) bond motifs is 2. The molecule has 0 aliphatic carbocycles. The van der Waals surface area contributed by atoms with E-state index >= 15 is 0 Å². The lowest BCUT2D eigenvalue weighted by Gasteiger charge is -2.54. The lowest BCUT2D eigenvalue weighted by Crippen LogP contribution is -2.79. The maximum atomic E-state index is 9.71. The monoisotopic (exact) mass is 216 g/mol. The van der Waals surface area contributed by atoms with Crippen molar-refractivity contribution in [2.75, 3.05) is 7.05 Å². The highest BCUT2D eigenvalue weighted by Crippen LogP contribution is 2.47. The van der Waals surface area contributed by atoms with Gasteiger partial charge < -0.3 is 30.2 Å². The topological polar surface area (TPSA) is 123 Å². The van der Waals surface area contributed by atoms with E-state index in [-0.39, 0.29) is 0 Å². The third kappa shape index (κ3) is 1.05. The molecule has 81 valence electrons. The number of likely N-dealkylation sites (N-methyl/N-ethyl adjacent to an activating group) is 1. The maximum absolute atomic E-state index is 9.71. The van der Waals surface area contributed by atoms with Crippen molar-refractivity contribution in [2.45, 2.75) is 23.2 Å². The molecule has 0 aromatic carbocycles. The second-order valence-electron chi connectivity index (χ2n) is 3.54. The highest BCUT2D eigenvalue weighted by Gasteiger charge is 2.76. The van der Waals surface area contributed by atoms with Crippen LogP contribution in [0.5, 0.6) is 0 Å². The summed E-state index contributed by atoms with van der Waals surface area (Å²) in [6.07, 6.45) is 0. The van der Waals surface area contributed by atoms with Gasteiger partial charge in [-0.1, -0.05) is 0 Å². The van der Waals surface area contributed by atoms with Gasteiger partial charge in [0, 0.05) is 0 Å². The van der Waals surface area contributed by atoms with Crippen molar-refractivity contribution in [3.63, 3.8) is 0 Å². The molecule has 0 aromatic heterocycles. The van der Waals surface area contributed by atoms with Crippen molar-refractivity contribution in [2.24, 2.45) is 0 Å². The van der Waals surface area contributed by atoms with Gasteiger partial charge in [-0.05, 0) is 7.05 Å². The number of hydrogen-bond acceptors (Lipinski definition) is 8. The molecule has 3 atom stereocenters. The lowest BCUT2D eigenvalue weighted by atomic mass is 9.79. The van der Waals surface area contributed by atoms with Crippen LogP contribution in [0.15, 0.2) is 0 Å². The van der Waals surface area contributed by atoms with Gasteiger partial charge in [-0.3, -0.25) is 4.74 Å². The third-order valence-electron chi connectivity index (χ3n) is 2.60. The fourth-order valence-electron chi connectivity index (χ4n) is 1.53. The smallest absolute Gasteiger partial charge is 0.365 e. The van der Waals surface area contributed by atoms with E-state index in [1.807, 2.05) is 0 Å². The first-order chi connectivity index (χ1) is 6.57. The lowest BCUT2D eigenvalue weighted by molar-refractivity contribution is -0.534. The molecular weight excluding hydrogens is 208 g/mol. The Bertz CT molecular complexity index is 284. The molecule has 15 heavy (non-hydrogen) atoms. The number of ether oxygens (including phenoxy) is 1. The van der Waals surface area contributed by atoms with E-state index in [4.69, 9.17) is 7.85 Å². The summed E-state index contributed by atoms with van der Waals surface area (Å²) in [6, 6.07) is 0. The Morgan fingerprint density at radius 3 is 2.27 bits per heavy atom. The SMILES string of the molecule is [B]C1(O)OC(O)(O)C2(O)[B]OC1(O)N2C. The van der Waals surface area contributed by atoms with Gasteiger partial charge in [0.2, 0.25) is 5.62 Å². The summed E-state index contributed by atoms with van der Waals surface area (Å²) in [6.45, 7) is 0. The van der Waals surface area contributed by atoms with E-state index < -0.39 is 23.2 Å². The van der Waals surface area contributed by atoms with Crippen LogP contribution in [0.2, 0.25) is 0 Å². The minimum atomic E-state index is -3.23. The van der Waals surface area contributed by atoms with Gasteiger partial charge in [0.15, 0.2) is 13.5 Å². The van der Waals surface area contributed by atoms with E-state index in [9.17, 15) is 25.5 Å². The fourth-order valence-corrected chi connectivity index (χ4v) is 1.53. The average molecular weight is 216 g/mol.